The predicted octanol–water partition coefficient (Wildman–Crippen LogP) is 1.75. The smallest absolute Gasteiger partial charge is 0.335 e. The van der Waals surface area contributed by atoms with E-state index in [2.05, 4.69) is 4.98 Å². The minimum Gasteiger partial charge on any atom is -0.478 e. The van der Waals surface area contributed by atoms with Crippen LogP contribution in [0.25, 0.3) is 11.0 Å². The molecule has 3 rings (SSSR count). The van der Waals surface area contributed by atoms with E-state index in [4.69, 9.17) is 5.11 Å². The fourth-order valence-corrected chi connectivity index (χ4v) is 2.71. The zero-order chi connectivity index (χ0) is 14.8. The summed E-state index contributed by atoms with van der Waals surface area (Å²) in [5, 5.41) is 9.04. The van der Waals surface area contributed by atoms with E-state index in [9.17, 15) is 9.59 Å². The highest BCUT2D eigenvalue weighted by Crippen LogP contribution is 2.16. The Morgan fingerprint density at radius 1 is 1.24 bits per heavy atom. The topological polar surface area (TPSA) is 75.4 Å². The van der Waals surface area contributed by atoms with Crippen LogP contribution < -0.4 is 0 Å². The summed E-state index contributed by atoms with van der Waals surface area (Å²) in [5.74, 6) is -0.804. The first kappa shape index (κ1) is 13.6. The quantitative estimate of drug-likeness (QED) is 0.929. The van der Waals surface area contributed by atoms with Gasteiger partial charge in [0.1, 0.15) is 0 Å². The van der Waals surface area contributed by atoms with E-state index in [0.29, 0.717) is 13.0 Å². The normalized spacial score (nSPS) is 14.8. The molecule has 2 heterocycles. The third-order valence-corrected chi connectivity index (χ3v) is 3.89. The number of hydrogen-bond acceptors (Lipinski definition) is 3. The van der Waals surface area contributed by atoms with Gasteiger partial charge in [-0.05, 0) is 31.0 Å². The molecule has 1 saturated heterocycles. The summed E-state index contributed by atoms with van der Waals surface area (Å²) in [7, 11) is 0. The van der Waals surface area contributed by atoms with Crippen LogP contribution in [0.3, 0.4) is 0 Å². The van der Waals surface area contributed by atoms with Gasteiger partial charge in [-0.25, -0.2) is 9.78 Å². The van der Waals surface area contributed by atoms with Crippen LogP contribution in [-0.2, 0) is 11.3 Å². The number of amides is 1. The van der Waals surface area contributed by atoms with Gasteiger partial charge in [0.25, 0.3) is 0 Å². The van der Waals surface area contributed by atoms with Gasteiger partial charge in [-0.1, -0.05) is 0 Å². The number of carbonyl (C=O) groups excluding carboxylic acids is 1. The van der Waals surface area contributed by atoms with Gasteiger partial charge in [-0.2, -0.15) is 0 Å². The highest BCUT2D eigenvalue weighted by molar-refractivity contribution is 5.92. The fourth-order valence-electron chi connectivity index (χ4n) is 2.71. The fraction of sp³-hybridized carbons (Fsp3) is 0.400. The number of carbonyl (C=O) groups is 2. The van der Waals surface area contributed by atoms with Crippen molar-refractivity contribution < 1.29 is 14.7 Å². The van der Waals surface area contributed by atoms with Crippen LogP contribution >= 0.6 is 0 Å². The molecule has 1 fully saturated rings. The van der Waals surface area contributed by atoms with Crippen LogP contribution in [0.15, 0.2) is 24.5 Å². The molecule has 6 heteroatoms. The molecule has 1 aromatic heterocycles. The second-order valence-corrected chi connectivity index (χ2v) is 5.28. The van der Waals surface area contributed by atoms with E-state index in [-0.39, 0.29) is 11.5 Å². The van der Waals surface area contributed by atoms with Gasteiger partial charge in [0.2, 0.25) is 5.91 Å². The number of aromatic carboxylic acids is 1. The Balaban J connectivity index is 1.75. The van der Waals surface area contributed by atoms with Crippen molar-refractivity contribution in [2.75, 3.05) is 13.1 Å². The number of rotatable bonds is 4. The van der Waals surface area contributed by atoms with E-state index < -0.39 is 5.97 Å². The molecule has 110 valence electrons. The molecule has 1 N–H and O–H groups in total. The van der Waals surface area contributed by atoms with Crippen molar-refractivity contribution in [1.29, 1.82) is 0 Å². The van der Waals surface area contributed by atoms with Crippen LogP contribution in [0.2, 0.25) is 0 Å². The summed E-state index contributed by atoms with van der Waals surface area (Å²) < 4.78 is 1.84. The monoisotopic (exact) mass is 287 g/mol. The Morgan fingerprint density at radius 3 is 2.71 bits per heavy atom. The standard InChI is InChI=1S/C15H17N3O3/c19-14(17-6-1-2-7-17)5-8-18-10-16-12-4-3-11(15(20)21)9-13(12)18/h3-4,9-10H,1-2,5-8H2,(H,20,21). The van der Waals surface area contributed by atoms with Crippen molar-refractivity contribution in [1.82, 2.24) is 14.5 Å². The largest absolute Gasteiger partial charge is 0.478 e. The third kappa shape index (κ3) is 2.74. The molecular formula is C15H17N3O3. The first-order valence-electron chi connectivity index (χ1n) is 7.11. The Kier molecular flexibility index (Phi) is 3.60. The molecule has 0 aliphatic carbocycles. The number of imidazole rings is 1. The lowest BCUT2D eigenvalue weighted by atomic mass is 10.2. The number of benzene rings is 1. The van der Waals surface area contributed by atoms with Gasteiger partial charge in [0.05, 0.1) is 22.9 Å². The Bertz CT molecular complexity index is 687. The summed E-state index contributed by atoms with van der Waals surface area (Å²) in [6.07, 6.45) is 4.25. The van der Waals surface area contributed by atoms with Crippen LogP contribution in [0.4, 0.5) is 0 Å². The van der Waals surface area contributed by atoms with Crippen molar-refractivity contribution in [3.05, 3.63) is 30.1 Å². The van der Waals surface area contributed by atoms with E-state index >= 15 is 0 Å². The van der Waals surface area contributed by atoms with Gasteiger partial charge in [-0.3, -0.25) is 4.79 Å². The zero-order valence-electron chi connectivity index (χ0n) is 11.7. The second-order valence-electron chi connectivity index (χ2n) is 5.28. The highest BCUT2D eigenvalue weighted by atomic mass is 16.4. The summed E-state index contributed by atoms with van der Waals surface area (Å²) >= 11 is 0. The molecule has 0 radical (unpaired) electrons. The lowest BCUT2D eigenvalue weighted by Gasteiger charge is -2.15. The third-order valence-electron chi connectivity index (χ3n) is 3.89. The first-order chi connectivity index (χ1) is 10.1. The molecular weight excluding hydrogens is 270 g/mol. The lowest BCUT2D eigenvalue weighted by Crippen LogP contribution is -2.28. The van der Waals surface area contributed by atoms with Gasteiger partial charge < -0.3 is 14.6 Å². The molecule has 6 nitrogen and oxygen atoms in total. The number of aryl methyl sites for hydroxylation is 1. The molecule has 0 atom stereocenters. The van der Waals surface area contributed by atoms with E-state index in [0.717, 1.165) is 37.0 Å². The average molecular weight is 287 g/mol. The maximum Gasteiger partial charge on any atom is 0.335 e. The molecule has 0 unspecified atom stereocenters. The number of aromatic nitrogens is 2. The average Bonchev–Trinajstić information content (AvgIpc) is 3.14. The molecule has 1 aliphatic heterocycles. The van der Waals surface area contributed by atoms with Gasteiger partial charge in [0.15, 0.2) is 0 Å². The van der Waals surface area contributed by atoms with Crippen molar-refractivity contribution in [3.63, 3.8) is 0 Å². The predicted molar refractivity (Wildman–Crippen MR) is 77.1 cm³/mol. The number of nitrogens with zero attached hydrogens (tertiary/aromatic N) is 3. The van der Waals surface area contributed by atoms with Crippen LogP contribution in [0.5, 0.6) is 0 Å². The molecule has 0 spiro atoms. The van der Waals surface area contributed by atoms with Crippen LogP contribution in [0, 0.1) is 0 Å². The minimum absolute atomic E-state index is 0.156. The molecule has 1 aliphatic rings. The number of hydrogen-bond donors (Lipinski definition) is 1. The maximum absolute atomic E-state index is 12.0. The first-order valence-corrected chi connectivity index (χ1v) is 7.11. The van der Waals surface area contributed by atoms with Crippen LogP contribution in [0.1, 0.15) is 29.6 Å². The Labute approximate surface area is 122 Å². The second kappa shape index (κ2) is 5.55. The van der Waals surface area contributed by atoms with Crippen LogP contribution in [-0.4, -0.2) is 44.5 Å². The summed E-state index contributed by atoms with van der Waals surface area (Å²) in [6, 6.07) is 4.83. The van der Waals surface area contributed by atoms with E-state index in [1.807, 2.05) is 9.47 Å². The number of carboxylic acids is 1. The zero-order valence-corrected chi connectivity index (χ0v) is 11.7. The lowest BCUT2D eigenvalue weighted by molar-refractivity contribution is -0.130. The Morgan fingerprint density at radius 2 is 2.00 bits per heavy atom. The van der Waals surface area contributed by atoms with Crippen molar-refractivity contribution in [3.8, 4) is 0 Å². The number of likely N-dealkylation sites (tertiary alicyclic amines) is 1. The van der Waals surface area contributed by atoms with E-state index in [1.54, 1.807) is 18.5 Å². The minimum atomic E-state index is -0.960. The summed E-state index contributed by atoms with van der Waals surface area (Å²) in [5.41, 5.74) is 1.73. The SMILES string of the molecule is O=C(O)c1ccc2ncn(CCC(=O)N3CCCC3)c2c1. The molecule has 2 aromatic rings. The molecule has 0 saturated carbocycles. The molecule has 21 heavy (non-hydrogen) atoms. The van der Waals surface area contributed by atoms with Gasteiger partial charge in [0, 0.05) is 26.1 Å². The van der Waals surface area contributed by atoms with Crippen molar-refractivity contribution in [2.45, 2.75) is 25.8 Å². The maximum atomic E-state index is 12.0. The number of fused-ring (bicyclic) bond motifs is 1. The summed E-state index contributed by atoms with van der Waals surface area (Å²) in [6.45, 7) is 2.23. The number of carboxylic acid groups (broad SMARTS) is 1. The van der Waals surface area contributed by atoms with Gasteiger partial charge in [-0.15, -0.1) is 0 Å². The van der Waals surface area contributed by atoms with Crippen molar-refractivity contribution in [2.24, 2.45) is 0 Å². The molecule has 1 amide bonds. The highest BCUT2D eigenvalue weighted by Gasteiger charge is 2.17. The molecule has 0 bridgehead atoms. The summed E-state index contributed by atoms with van der Waals surface area (Å²) in [4.78, 5) is 29.2. The molecule has 1 aromatic carbocycles. The Hall–Kier alpha value is -2.37. The van der Waals surface area contributed by atoms with Crippen molar-refractivity contribution >= 4 is 22.9 Å². The van der Waals surface area contributed by atoms with E-state index in [1.165, 1.54) is 6.07 Å². The van der Waals surface area contributed by atoms with Gasteiger partial charge >= 0.3 is 5.97 Å².